The average molecular weight is 338 g/mol. The zero-order valence-corrected chi connectivity index (χ0v) is 12.6. The number of nitrogens with zero attached hydrogens (tertiary/aromatic N) is 5. The maximum Gasteiger partial charge on any atom is 0.435 e. The molecule has 3 aromatic rings. The number of imidazole rings is 1. The summed E-state index contributed by atoms with van der Waals surface area (Å²) >= 11 is 0. The highest BCUT2D eigenvalue weighted by atomic mass is 19.4. The molecule has 3 aromatic heterocycles. The zero-order valence-electron chi connectivity index (χ0n) is 12.6. The maximum atomic E-state index is 12.5. The Balaban J connectivity index is 1.66. The molecule has 0 saturated carbocycles. The summed E-state index contributed by atoms with van der Waals surface area (Å²) in [5.41, 5.74) is -0.0326. The molecule has 0 saturated heterocycles. The number of halogens is 3. The molecular weight excluding hydrogens is 325 g/mol. The van der Waals surface area contributed by atoms with Crippen LogP contribution in [0.15, 0.2) is 30.6 Å². The van der Waals surface area contributed by atoms with Gasteiger partial charge in [0.15, 0.2) is 17.1 Å². The van der Waals surface area contributed by atoms with E-state index >= 15 is 0 Å². The number of aromatic nitrogens is 5. The molecule has 0 fully saturated rings. The van der Waals surface area contributed by atoms with Crippen molar-refractivity contribution in [3.8, 4) is 0 Å². The van der Waals surface area contributed by atoms with Crippen molar-refractivity contribution in [2.24, 2.45) is 0 Å². The number of hydrogen-bond acceptors (Lipinski definition) is 5. The minimum atomic E-state index is -4.45. The lowest BCUT2D eigenvalue weighted by Gasteiger charge is -2.07. The highest BCUT2D eigenvalue weighted by molar-refractivity contribution is 5.92. The van der Waals surface area contributed by atoms with Gasteiger partial charge in [0.25, 0.3) is 0 Å². The van der Waals surface area contributed by atoms with Crippen LogP contribution in [-0.4, -0.2) is 36.7 Å². The molecule has 0 aliphatic carbocycles. The third-order valence-corrected chi connectivity index (χ3v) is 3.30. The van der Waals surface area contributed by atoms with Crippen LogP contribution in [-0.2, 0) is 12.7 Å². The SMILES string of the molecule is CC(=O)c1cnc2ccc(NCCn3ccc(C(F)(F)F)n3)nn12. The van der Waals surface area contributed by atoms with Crippen LogP contribution in [0.25, 0.3) is 5.65 Å². The number of fused-ring (bicyclic) bond motifs is 1. The molecule has 0 aliphatic rings. The summed E-state index contributed by atoms with van der Waals surface area (Å²) in [6, 6.07) is 4.29. The lowest BCUT2D eigenvalue weighted by atomic mass is 10.3. The minimum absolute atomic E-state index is 0.164. The number of hydrogen-bond donors (Lipinski definition) is 1. The van der Waals surface area contributed by atoms with Crippen molar-refractivity contribution in [3.05, 3.63) is 42.0 Å². The van der Waals surface area contributed by atoms with E-state index in [1.54, 1.807) is 12.1 Å². The number of anilines is 1. The van der Waals surface area contributed by atoms with Crippen LogP contribution in [0.4, 0.5) is 19.0 Å². The first-order valence-corrected chi connectivity index (χ1v) is 7.05. The molecule has 10 heteroatoms. The van der Waals surface area contributed by atoms with Gasteiger partial charge in [0.2, 0.25) is 0 Å². The summed E-state index contributed by atoms with van der Waals surface area (Å²) in [5, 5.41) is 10.7. The fourth-order valence-corrected chi connectivity index (χ4v) is 2.14. The van der Waals surface area contributed by atoms with E-state index in [-0.39, 0.29) is 12.3 Å². The number of carbonyl (C=O) groups excluding carboxylic acids is 1. The Morgan fingerprint density at radius 2 is 2.04 bits per heavy atom. The lowest BCUT2D eigenvalue weighted by Crippen LogP contribution is -2.14. The fourth-order valence-electron chi connectivity index (χ4n) is 2.14. The number of carbonyl (C=O) groups is 1. The molecule has 0 spiro atoms. The van der Waals surface area contributed by atoms with Crippen molar-refractivity contribution in [2.45, 2.75) is 19.6 Å². The number of ketones is 1. The van der Waals surface area contributed by atoms with Gasteiger partial charge in [-0.25, -0.2) is 9.50 Å². The topological polar surface area (TPSA) is 77.1 Å². The molecule has 0 unspecified atom stereocenters. The first kappa shape index (κ1) is 16.0. The van der Waals surface area contributed by atoms with Crippen LogP contribution in [0.3, 0.4) is 0 Å². The molecule has 0 amide bonds. The van der Waals surface area contributed by atoms with Gasteiger partial charge < -0.3 is 5.32 Å². The Morgan fingerprint density at radius 1 is 1.25 bits per heavy atom. The molecular formula is C14H13F3N6O. The third-order valence-electron chi connectivity index (χ3n) is 3.30. The van der Waals surface area contributed by atoms with E-state index in [1.165, 1.54) is 28.5 Å². The Labute approximate surface area is 134 Å². The monoisotopic (exact) mass is 338 g/mol. The van der Waals surface area contributed by atoms with Gasteiger partial charge in [0.1, 0.15) is 11.5 Å². The van der Waals surface area contributed by atoms with Gasteiger partial charge >= 0.3 is 6.18 Å². The highest BCUT2D eigenvalue weighted by Crippen LogP contribution is 2.27. The third kappa shape index (κ3) is 3.21. The molecule has 0 radical (unpaired) electrons. The quantitative estimate of drug-likeness (QED) is 0.722. The second kappa shape index (κ2) is 5.95. The van der Waals surface area contributed by atoms with Gasteiger partial charge in [-0.3, -0.25) is 9.48 Å². The predicted molar refractivity (Wildman–Crippen MR) is 78.7 cm³/mol. The van der Waals surface area contributed by atoms with Crippen LogP contribution >= 0.6 is 0 Å². The standard InChI is InChI=1S/C14H13F3N6O/c1-9(24)10-8-19-13-3-2-12(21-23(10)13)18-5-7-22-6-4-11(20-22)14(15,16)17/h2-4,6,8H,5,7H2,1H3,(H,18,21). The Hall–Kier alpha value is -2.91. The van der Waals surface area contributed by atoms with Crippen LogP contribution in [0, 0.1) is 0 Å². The number of alkyl halides is 3. The second-order valence-electron chi connectivity index (χ2n) is 5.08. The first-order valence-electron chi connectivity index (χ1n) is 7.05. The van der Waals surface area contributed by atoms with Crippen LogP contribution < -0.4 is 5.32 Å². The Kier molecular flexibility index (Phi) is 3.96. The zero-order chi connectivity index (χ0) is 17.3. The summed E-state index contributed by atoms with van der Waals surface area (Å²) in [5.74, 6) is 0.314. The van der Waals surface area contributed by atoms with E-state index in [4.69, 9.17) is 0 Å². The van der Waals surface area contributed by atoms with Crippen molar-refractivity contribution in [3.63, 3.8) is 0 Å². The maximum absolute atomic E-state index is 12.5. The van der Waals surface area contributed by atoms with Gasteiger partial charge in [0, 0.05) is 19.7 Å². The summed E-state index contributed by atoms with van der Waals surface area (Å²) in [4.78, 5) is 15.6. The molecule has 3 heterocycles. The lowest BCUT2D eigenvalue weighted by molar-refractivity contribution is -0.141. The van der Waals surface area contributed by atoms with Crippen molar-refractivity contribution in [1.29, 1.82) is 0 Å². The number of nitrogens with one attached hydrogen (secondary N) is 1. The van der Waals surface area contributed by atoms with Crippen LogP contribution in [0.5, 0.6) is 0 Å². The van der Waals surface area contributed by atoms with Crippen molar-refractivity contribution < 1.29 is 18.0 Å². The molecule has 24 heavy (non-hydrogen) atoms. The molecule has 1 N–H and O–H groups in total. The van der Waals surface area contributed by atoms with Crippen molar-refractivity contribution >= 4 is 17.2 Å². The normalized spacial score (nSPS) is 11.8. The molecule has 0 aliphatic heterocycles. The van der Waals surface area contributed by atoms with Gasteiger partial charge in [0.05, 0.1) is 12.7 Å². The van der Waals surface area contributed by atoms with E-state index in [1.807, 2.05) is 0 Å². The van der Waals surface area contributed by atoms with E-state index in [9.17, 15) is 18.0 Å². The summed E-state index contributed by atoms with van der Waals surface area (Å²) < 4.78 is 40.0. The number of rotatable bonds is 5. The molecule has 0 bridgehead atoms. The van der Waals surface area contributed by atoms with Gasteiger partial charge in [-0.2, -0.15) is 18.3 Å². The average Bonchev–Trinajstić information content (AvgIpc) is 3.12. The summed E-state index contributed by atoms with van der Waals surface area (Å²) in [6.45, 7) is 1.97. The number of Topliss-reactive ketones (excluding diaryl/α,β-unsaturated/α-hetero) is 1. The second-order valence-corrected chi connectivity index (χ2v) is 5.08. The predicted octanol–water partition coefficient (Wildman–Crippen LogP) is 2.26. The van der Waals surface area contributed by atoms with Crippen LogP contribution in [0.1, 0.15) is 23.1 Å². The first-order chi connectivity index (χ1) is 11.3. The molecule has 0 aromatic carbocycles. The van der Waals surface area contributed by atoms with Gasteiger partial charge in [-0.1, -0.05) is 0 Å². The van der Waals surface area contributed by atoms with E-state index < -0.39 is 11.9 Å². The minimum Gasteiger partial charge on any atom is -0.367 e. The van der Waals surface area contributed by atoms with Gasteiger partial charge in [-0.15, -0.1) is 5.10 Å². The van der Waals surface area contributed by atoms with Crippen LogP contribution in [0.2, 0.25) is 0 Å². The molecule has 7 nitrogen and oxygen atoms in total. The van der Waals surface area contributed by atoms with E-state index in [2.05, 4.69) is 20.5 Å². The van der Waals surface area contributed by atoms with Crippen molar-refractivity contribution in [2.75, 3.05) is 11.9 Å². The highest BCUT2D eigenvalue weighted by Gasteiger charge is 2.33. The van der Waals surface area contributed by atoms with E-state index in [0.717, 1.165) is 6.07 Å². The van der Waals surface area contributed by atoms with E-state index in [0.29, 0.717) is 23.7 Å². The van der Waals surface area contributed by atoms with Gasteiger partial charge in [-0.05, 0) is 18.2 Å². The summed E-state index contributed by atoms with van der Waals surface area (Å²) in [7, 11) is 0. The molecule has 0 atom stereocenters. The molecule has 3 rings (SSSR count). The fraction of sp³-hybridized carbons (Fsp3) is 0.286. The smallest absolute Gasteiger partial charge is 0.367 e. The Morgan fingerprint density at radius 3 is 2.71 bits per heavy atom. The molecule has 126 valence electrons. The Bertz CT molecular complexity index is 882. The largest absolute Gasteiger partial charge is 0.435 e. The van der Waals surface area contributed by atoms with Crippen molar-refractivity contribution in [1.82, 2.24) is 24.4 Å². The summed E-state index contributed by atoms with van der Waals surface area (Å²) in [6.07, 6.45) is -1.74.